The summed E-state index contributed by atoms with van der Waals surface area (Å²) in [5.74, 6) is 1.20. The first-order valence-corrected chi connectivity index (χ1v) is 10.5. The number of ether oxygens (including phenoxy) is 1. The molecule has 164 valence electrons. The second-order valence-corrected chi connectivity index (χ2v) is 7.28. The largest absolute Gasteiger partial charge is 0.497 e. The molecule has 1 N–H and O–H groups in total. The van der Waals surface area contributed by atoms with Crippen molar-refractivity contribution in [2.24, 2.45) is 0 Å². The maximum Gasteiger partial charge on any atom is 0.256 e. The standard InChI is InChI=1S/C24H25N5O3/c1-4-22-23(16(2)28-32-22)24(30)26-12-13-29-21(18-6-5-11-25-15-18)14-20(27-29)17-7-9-19(31-3)10-8-17/h5-11,14-15H,4,12-13H2,1-3H3,(H,26,30). The summed E-state index contributed by atoms with van der Waals surface area (Å²) in [6.07, 6.45) is 4.15. The molecule has 0 saturated heterocycles. The Kier molecular flexibility index (Phi) is 6.30. The Morgan fingerprint density at radius 3 is 2.69 bits per heavy atom. The first-order valence-electron chi connectivity index (χ1n) is 10.5. The topological polar surface area (TPSA) is 95.1 Å². The lowest BCUT2D eigenvalue weighted by atomic mass is 10.1. The highest BCUT2D eigenvalue weighted by Gasteiger charge is 2.19. The van der Waals surface area contributed by atoms with Gasteiger partial charge in [0.25, 0.3) is 5.91 Å². The number of amides is 1. The quantitative estimate of drug-likeness (QED) is 0.455. The molecule has 0 bridgehead atoms. The van der Waals surface area contributed by atoms with Gasteiger partial charge in [0.2, 0.25) is 0 Å². The molecule has 0 unspecified atom stereocenters. The minimum absolute atomic E-state index is 0.189. The Morgan fingerprint density at radius 2 is 2.00 bits per heavy atom. The van der Waals surface area contributed by atoms with Crippen molar-refractivity contribution in [1.82, 2.24) is 25.2 Å². The van der Waals surface area contributed by atoms with Gasteiger partial charge in [0, 0.05) is 36.5 Å². The summed E-state index contributed by atoms with van der Waals surface area (Å²) in [6, 6.07) is 13.7. The molecule has 0 radical (unpaired) electrons. The van der Waals surface area contributed by atoms with Gasteiger partial charge in [-0.1, -0.05) is 12.1 Å². The molecule has 3 heterocycles. The zero-order chi connectivity index (χ0) is 22.5. The number of nitrogens with zero attached hydrogens (tertiary/aromatic N) is 4. The van der Waals surface area contributed by atoms with Crippen molar-refractivity contribution in [1.29, 1.82) is 0 Å². The first kappa shape index (κ1) is 21.3. The molecule has 1 aromatic carbocycles. The molecule has 0 spiro atoms. The van der Waals surface area contributed by atoms with E-state index >= 15 is 0 Å². The predicted octanol–water partition coefficient (Wildman–Crippen LogP) is 3.91. The Labute approximate surface area is 186 Å². The van der Waals surface area contributed by atoms with Crippen molar-refractivity contribution in [3.8, 4) is 28.3 Å². The van der Waals surface area contributed by atoms with E-state index in [9.17, 15) is 4.79 Å². The minimum Gasteiger partial charge on any atom is -0.497 e. The number of nitrogens with one attached hydrogen (secondary N) is 1. The van der Waals surface area contributed by atoms with Gasteiger partial charge in [0.1, 0.15) is 17.1 Å². The number of hydrogen-bond donors (Lipinski definition) is 1. The van der Waals surface area contributed by atoms with Crippen molar-refractivity contribution in [2.75, 3.05) is 13.7 Å². The van der Waals surface area contributed by atoms with E-state index in [0.717, 1.165) is 28.3 Å². The lowest BCUT2D eigenvalue weighted by Gasteiger charge is -2.09. The van der Waals surface area contributed by atoms with E-state index in [0.29, 0.717) is 36.5 Å². The summed E-state index contributed by atoms with van der Waals surface area (Å²) in [5.41, 5.74) is 4.80. The van der Waals surface area contributed by atoms with Gasteiger partial charge in [-0.2, -0.15) is 5.10 Å². The van der Waals surface area contributed by atoms with Crippen LogP contribution in [0.3, 0.4) is 0 Å². The van der Waals surface area contributed by atoms with Crippen LogP contribution in [0.2, 0.25) is 0 Å². The monoisotopic (exact) mass is 431 g/mol. The van der Waals surface area contributed by atoms with Crippen molar-refractivity contribution >= 4 is 5.91 Å². The van der Waals surface area contributed by atoms with E-state index in [-0.39, 0.29) is 5.91 Å². The predicted molar refractivity (Wildman–Crippen MR) is 120 cm³/mol. The summed E-state index contributed by atoms with van der Waals surface area (Å²) in [5, 5.41) is 11.7. The molecule has 0 aliphatic heterocycles. The average molecular weight is 431 g/mol. The molecular weight excluding hydrogens is 406 g/mol. The number of benzene rings is 1. The smallest absolute Gasteiger partial charge is 0.256 e. The lowest BCUT2D eigenvalue weighted by Crippen LogP contribution is -2.28. The Hall–Kier alpha value is -3.94. The molecule has 32 heavy (non-hydrogen) atoms. The van der Waals surface area contributed by atoms with Crippen LogP contribution >= 0.6 is 0 Å². The van der Waals surface area contributed by atoms with Crippen LogP contribution in [0, 0.1) is 6.92 Å². The second-order valence-electron chi connectivity index (χ2n) is 7.28. The highest BCUT2D eigenvalue weighted by atomic mass is 16.5. The van der Waals surface area contributed by atoms with Gasteiger partial charge in [-0.15, -0.1) is 0 Å². The number of carbonyl (C=O) groups is 1. The average Bonchev–Trinajstić information content (AvgIpc) is 3.43. The van der Waals surface area contributed by atoms with E-state index < -0.39 is 0 Å². The van der Waals surface area contributed by atoms with Crippen LogP contribution in [-0.4, -0.2) is 39.5 Å². The van der Waals surface area contributed by atoms with Crippen LogP contribution < -0.4 is 10.1 Å². The number of aryl methyl sites for hydroxylation is 2. The molecule has 3 aromatic heterocycles. The molecule has 0 aliphatic rings. The Bertz CT molecular complexity index is 1200. The SMILES string of the molecule is CCc1onc(C)c1C(=O)NCCn1nc(-c2ccc(OC)cc2)cc1-c1cccnc1. The summed E-state index contributed by atoms with van der Waals surface area (Å²) >= 11 is 0. The van der Waals surface area contributed by atoms with Crippen LogP contribution in [0.5, 0.6) is 5.75 Å². The van der Waals surface area contributed by atoms with Crippen LogP contribution in [0.1, 0.15) is 28.7 Å². The van der Waals surface area contributed by atoms with Gasteiger partial charge in [-0.25, -0.2) is 0 Å². The molecule has 8 heteroatoms. The highest BCUT2D eigenvalue weighted by molar-refractivity contribution is 5.96. The maximum absolute atomic E-state index is 12.7. The number of carbonyl (C=O) groups excluding carboxylic acids is 1. The maximum atomic E-state index is 12.7. The molecule has 0 atom stereocenters. The third-order valence-corrected chi connectivity index (χ3v) is 5.21. The van der Waals surface area contributed by atoms with Gasteiger partial charge in [0.05, 0.1) is 30.7 Å². The third kappa shape index (κ3) is 4.39. The molecule has 4 rings (SSSR count). The lowest BCUT2D eigenvalue weighted by molar-refractivity contribution is 0.0949. The number of hydrogen-bond acceptors (Lipinski definition) is 6. The molecule has 0 fully saturated rings. The van der Waals surface area contributed by atoms with E-state index in [4.69, 9.17) is 14.4 Å². The van der Waals surface area contributed by atoms with Gasteiger partial charge in [0.15, 0.2) is 0 Å². The van der Waals surface area contributed by atoms with Crippen LogP contribution in [0.15, 0.2) is 59.4 Å². The zero-order valence-corrected chi connectivity index (χ0v) is 18.3. The van der Waals surface area contributed by atoms with E-state index in [1.807, 2.05) is 54.1 Å². The highest BCUT2D eigenvalue weighted by Crippen LogP contribution is 2.27. The number of aromatic nitrogens is 4. The summed E-state index contributed by atoms with van der Waals surface area (Å²) in [6.45, 7) is 4.61. The summed E-state index contributed by atoms with van der Waals surface area (Å²) in [4.78, 5) is 16.9. The van der Waals surface area contributed by atoms with Gasteiger partial charge < -0.3 is 14.6 Å². The molecule has 0 aliphatic carbocycles. The zero-order valence-electron chi connectivity index (χ0n) is 18.3. The van der Waals surface area contributed by atoms with Crippen molar-refractivity contribution in [3.63, 3.8) is 0 Å². The first-order chi connectivity index (χ1) is 15.6. The van der Waals surface area contributed by atoms with Crippen molar-refractivity contribution < 1.29 is 14.1 Å². The molecular formula is C24H25N5O3. The fourth-order valence-electron chi connectivity index (χ4n) is 3.55. The Balaban J connectivity index is 1.56. The fourth-order valence-corrected chi connectivity index (χ4v) is 3.55. The number of pyridine rings is 1. The molecule has 1 amide bonds. The van der Waals surface area contributed by atoms with Crippen LogP contribution in [-0.2, 0) is 13.0 Å². The van der Waals surface area contributed by atoms with Crippen molar-refractivity contribution in [2.45, 2.75) is 26.8 Å². The second kappa shape index (κ2) is 9.47. The summed E-state index contributed by atoms with van der Waals surface area (Å²) in [7, 11) is 1.64. The minimum atomic E-state index is -0.189. The normalized spacial score (nSPS) is 10.8. The molecule has 4 aromatic rings. The van der Waals surface area contributed by atoms with E-state index in [2.05, 4.69) is 15.5 Å². The van der Waals surface area contributed by atoms with Crippen molar-refractivity contribution in [3.05, 3.63) is 71.9 Å². The van der Waals surface area contributed by atoms with E-state index in [1.165, 1.54) is 0 Å². The fraction of sp³-hybridized carbons (Fsp3) is 0.250. The number of methoxy groups -OCH3 is 1. The van der Waals surface area contributed by atoms with Crippen LogP contribution in [0.25, 0.3) is 22.5 Å². The number of rotatable bonds is 8. The van der Waals surface area contributed by atoms with E-state index in [1.54, 1.807) is 26.4 Å². The van der Waals surface area contributed by atoms with Gasteiger partial charge in [-0.05, 0) is 49.4 Å². The molecule has 0 saturated carbocycles. The van der Waals surface area contributed by atoms with Crippen LogP contribution in [0.4, 0.5) is 0 Å². The van der Waals surface area contributed by atoms with Gasteiger partial charge in [-0.3, -0.25) is 14.5 Å². The Morgan fingerprint density at radius 1 is 1.19 bits per heavy atom. The third-order valence-electron chi connectivity index (χ3n) is 5.21. The van der Waals surface area contributed by atoms with Gasteiger partial charge >= 0.3 is 0 Å². The summed E-state index contributed by atoms with van der Waals surface area (Å²) < 4.78 is 12.4. The molecule has 8 nitrogen and oxygen atoms in total.